The molecule has 0 amide bonds. The molecule has 0 saturated heterocycles. The van der Waals surface area contributed by atoms with Crippen LogP contribution in [-0.4, -0.2) is 18.6 Å². The number of para-hydroxylation sites is 1. The zero-order valence-electron chi connectivity index (χ0n) is 9.30. The highest BCUT2D eigenvalue weighted by molar-refractivity contribution is 6.33. The van der Waals surface area contributed by atoms with Crippen LogP contribution in [0.5, 0.6) is 0 Å². The zero-order chi connectivity index (χ0) is 11.0. The standard InChI is InChI=1S/C13H17ClN2/c14-12-6-1-3-9-7-11(8-15-13(9)12)16-10-4-2-5-10/h1,3,6,10-11,15-16H,2,4-5,7-8H2. The Hall–Kier alpha value is -0.730. The number of halogens is 1. The molecule has 3 rings (SSSR count). The van der Waals surface area contributed by atoms with E-state index in [0.29, 0.717) is 6.04 Å². The SMILES string of the molecule is Clc1cccc2c1NCC(NC1CCC1)C2. The van der Waals surface area contributed by atoms with Crippen molar-refractivity contribution in [1.29, 1.82) is 0 Å². The molecular formula is C13H17ClN2. The van der Waals surface area contributed by atoms with E-state index in [0.717, 1.165) is 29.7 Å². The molecule has 0 bridgehead atoms. The van der Waals surface area contributed by atoms with Gasteiger partial charge in [-0.1, -0.05) is 30.2 Å². The average Bonchev–Trinajstić information content (AvgIpc) is 2.24. The molecule has 86 valence electrons. The highest BCUT2D eigenvalue weighted by atomic mass is 35.5. The fourth-order valence-corrected chi connectivity index (χ4v) is 2.79. The highest BCUT2D eigenvalue weighted by Crippen LogP contribution is 2.30. The summed E-state index contributed by atoms with van der Waals surface area (Å²) in [5.74, 6) is 0. The van der Waals surface area contributed by atoms with Gasteiger partial charge in [-0.25, -0.2) is 0 Å². The topological polar surface area (TPSA) is 24.1 Å². The maximum Gasteiger partial charge on any atom is 0.0640 e. The van der Waals surface area contributed by atoms with Crippen molar-refractivity contribution in [2.45, 2.75) is 37.8 Å². The lowest BCUT2D eigenvalue weighted by atomic mass is 9.90. The second-order valence-corrected chi connectivity index (χ2v) is 5.26. The number of anilines is 1. The normalized spacial score (nSPS) is 24.4. The van der Waals surface area contributed by atoms with Gasteiger partial charge in [0.05, 0.1) is 10.7 Å². The number of rotatable bonds is 2. The zero-order valence-corrected chi connectivity index (χ0v) is 10.1. The number of fused-ring (bicyclic) bond motifs is 1. The van der Waals surface area contributed by atoms with E-state index in [4.69, 9.17) is 11.6 Å². The summed E-state index contributed by atoms with van der Waals surface area (Å²) < 4.78 is 0. The summed E-state index contributed by atoms with van der Waals surface area (Å²) >= 11 is 6.15. The minimum Gasteiger partial charge on any atom is -0.382 e. The molecule has 0 radical (unpaired) electrons. The fourth-order valence-electron chi connectivity index (χ4n) is 2.53. The largest absolute Gasteiger partial charge is 0.382 e. The van der Waals surface area contributed by atoms with Crippen LogP contribution in [0, 0.1) is 0 Å². The molecule has 1 fully saturated rings. The van der Waals surface area contributed by atoms with Gasteiger partial charge >= 0.3 is 0 Å². The van der Waals surface area contributed by atoms with Crippen molar-refractivity contribution in [2.75, 3.05) is 11.9 Å². The van der Waals surface area contributed by atoms with Crippen LogP contribution >= 0.6 is 11.6 Å². The van der Waals surface area contributed by atoms with Gasteiger partial charge in [-0.2, -0.15) is 0 Å². The van der Waals surface area contributed by atoms with Gasteiger partial charge in [0.2, 0.25) is 0 Å². The van der Waals surface area contributed by atoms with Crippen LogP contribution in [0.2, 0.25) is 5.02 Å². The van der Waals surface area contributed by atoms with Gasteiger partial charge in [-0.05, 0) is 30.9 Å². The molecule has 2 aliphatic rings. The lowest BCUT2D eigenvalue weighted by Crippen LogP contribution is -2.48. The van der Waals surface area contributed by atoms with Crippen molar-refractivity contribution >= 4 is 17.3 Å². The maximum absolute atomic E-state index is 6.15. The first-order valence-electron chi connectivity index (χ1n) is 6.10. The van der Waals surface area contributed by atoms with Gasteiger partial charge in [-0.3, -0.25) is 0 Å². The Kier molecular flexibility index (Phi) is 2.78. The third-order valence-electron chi connectivity index (χ3n) is 3.67. The van der Waals surface area contributed by atoms with E-state index in [1.165, 1.54) is 24.8 Å². The molecule has 1 aliphatic carbocycles. The van der Waals surface area contributed by atoms with Gasteiger partial charge in [0.25, 0.3) is 0 Å². The Labute approximate surface area is 101 Å². The first-order chi connectivity index (χ1) is 7.83. The van der Waals surface area contributed by atoms with Gasteiger partial charge in [0.15, 0.2) is 0 Å². The van der Waals surface area contributed by atoms with Crippen LogP contribution in [0.15, 0.2) is 18.2 Å². The summed E-state index contributed by atoms with van der Waals surface area (Å²) in [4.78, 5) is 0. The van der Waals surface area contributed by atoms with Gasteiger partial charge in [0, 0.05) is 18.6 Å². The van der Waals surface area contributed by atoms with Crippen molar-refractivity contribution in [3.63, 3.8) is 0 Å². The van der Waals surface area contributed by atoms with E-state index < -0.39 is 0 Å². The minimum atomic E-state index is 0.566. The van der Waals surface area contributed by atoms with E-state index in [2.05, 4.69) is 16.7 Å². The van der Waals surface area contributed by atoms with Crippen molar-refractivity contribution in [3.8, 4) is 0 Å². The summed E-state index contributed by atoms with van der Waals surface area (Å²) in [6.07, 6.45) is 5.18. The molecule has 0 spiro atoms. The van der Waals surface area contributed by atoms with Gasteiger partial charge < -0.3 is 10.6 Å². The molecule has 3 heteroatoms. The lowest BCUT2D eigenvalue weighted by molar-refractivity contribution is 0.304. The maximum atomic E-state index is 6.15. The molecule has 1 atom stereocenters. The Morgan fingerprint density at radius 2 is 2.12 bits per heavy atom. The number of nitrogens with one attached hydrogen (secondary N) is 2. The molecule has 1 saturated carbocycles. The van der Waals surface area contributed by atoms with Crippen molar-refractivity contribution in [2.24, 2.45) is 0 Å². The van der Waals surface area contributed by atoms with E-state index >= 15 is 0 Å². The summed E-state index contributed by atoms with van der Waals surface area (Å²) in [6.45, 7) is 0.993. The third kappa shape index (κ3) is 1.92. The molecule has 1 unspecified atom stereocenters. The highest BCUT2D eigenvalue weighted by Gasteiger charge is 2.24. The molecule has 0 aromatic heterocycles. The monoisotopic (exact) mass is 236 g/mol. The van der Waals surface area contributed by atoms with Crippen LogP contribution in [0.1, 0.15) is 24.8 Å². The molecule has 1 heterocycles. The fraction of sp³-hybridized carbons (Fsp3) is 0.538. The van der Waals surface area contributed by atoms with Crippen LogP contribution in [0.4, 0.5) is 5.69 Å². The van der Waals surface area contributed by atoms with Crippen molar-refractivity contribution in [1.82, 2.24) is 5.32 Å². The molecule has 1 aliphatic heterocycles. The Morgan fingerprint density at radius 1 is 1.25 bits per heavy atom. The van der Waals surface area contributed by atoms with Gasteiger partial charge in [-0.15, -0.1) is 0 Å². The molecule has 16 heavy (non-hydrogen) atoms. The van der Waals surface area contributed by atoms with E-state index in [9.17, 15) is 0 Å². The summed E-state index contributed by atoms with van der Waals surface area (Å²) in [6, 6.07) is 7.48. The van der Waals surface area contributed by atoms with Crippen molar-refractivity contribution < 1.29 is 0 Å². The van der Waals surface area contributed by atoms with Crippen LogP contribution in [0.25, 0.3) is 0 Å². The summed E-state index contributed by atoms with van der Waals surface area (Å²) in [5, 5.41) is 8.00. The molecule has 1 aromatic rings. The predicted octanol–water partition coefficient (Wildman–Crippen LogP) is 2.82. The Bertz CT molecular complexity index is 388. The number of hydrogen-bond acceptors (Lipinski definition) is 2. The third-order valence-corrected chi connectivity index (χ3v) is 3.98. The number of benzene rings is 1. The summed E-state index contributed by atoms with van der Waals surface area (Å²) in [7, 11) is 0. The average molecular weight is 237 g/mol. The van der Waals surface area contributed by atoms with Crippen LogP contribution in [0.3, 0.4) is 0 Å². The second-order valence-electron chi connectivity index (χ2n) is 4.85. The molecule has 2 N–H and O–H groups in total. The first-order valence-corrected chi connectivity index (χ1v) is 6.48. The van der Waals surface area contributed by atoms with Crippen molar-refractivity contribution in [3.05, 3.63) is 28.8 Å². The predicted molar refractivity (Wildman–Crippen MR) is 68.2 cm³/mol. The van der Waals surface area contributed by atoms with Crippen LogP contribution < -0.4 is 10.6 Å². The Balaban J connectivity index is 1.70. The van der Waals surface area contributed by atoms with E-state index in [1.807, 2.05) is 12.1 Å². The second kappa shape index (κ2) is 4.27. The summed E-state index contributed by atoms with van der Waals surface area (Å²) in [5.41, 5.74) is 2.48. The van der Waals surface area contributed by atoms with E-state index in [-0.39, 0.29) is 0 Å². The lowest BCUT2D eigenvalue weighted by Gasteiger charge is -2.34. The smallest absolute Gasteiger partial charge is 0.0640 e. The molecule has 1 aromatic carbocycles. The Morgan fingerprint density at radius 3 is 2.88 bits per heavy atom. The number of hydrogen-bond donors (Lipinski definition) is 2. The molecule has 2 nitrogen and oxygen atoms in total. The van der Waals surface area contributed by atoms with E-state index in [1.54, 1.807) is 0 Å². The minimum absolute atomic E-state index is 0.566. The van der Waals surface area contributed by atoms with Gasteiger partial charge in [0.1, 0.15) is 0 Å². The molecular weight excluding hydrogens is 220 g/mol. The van der Waals surface area contributed by atoms with Crippen LogP contribution in [-0.2, 0) is 6.42 Å². The first kappa shape index (κ1) is 10.4. The quantitative estimate of drug-likeness (QED) is 0.825.